The molecule has 4 heterocycles. The number of hydrogen-bond donors (Lipinski definition) is 4. The number of carbonyl (C=O) groups is 3. The summed E-state index contributed by atoms with van der Waals surface area (Å²) in [6.07, 6.45) is 9.08. The first kappa shape index (κ1) is 33.7. The van der Waals surface area contributed by atoms with Gasteiger partial charge in [0.2, 0.25) is 0 Å². The highest BCUT2D eigenvalue weighted by atomic mass is 16.5. The molecule has 0 radical (unpaired) electrons. The summed E-state index contributed by atoms with van der Waals surface area (Å²) in [5, 5.41) is 16.7. The maximum atomic E-state index is 13.1. The van der Waals surface area contributed by atoms with E-state index in [9.17, 15) is 14.4 Å². The van der Waals surface area contributed by atoms with E-state index in [1.807, 2.05) is 60.3 Å². The van der Waals surface area contributed by atoms with E-state index in [2.05, 4.69) is 20.9 Å². The number of benzene rings is 1. The largest absolute Gasteiger partial charge is 0.378 e. The summed E-state index contributed by atoms with van der Waals surface area (Å²) in [5.74, 6) is -0.584. The van der Waals surface area contributed by atoms with Gasteiger partial charge < -0.3 is 39.6 Å². The van der Waals surface area contributed by atoms with Crippen LogP contribution in [0.3, 0.4) is 0 Å². The molecule has 0 unspecified atom stereocenters. The average Bonchev–Trinajstić information content (AvgIpc) is 3.64. The maximum Gasteiger partial charge on any atom is 0.272 e. The van der Waals surface area contributed by atoms with Crippen LogP contribution in [0.15, 0.2) is 67.1 Å². The smallest absolute Gasteiger partial charge is 0.272 e. The summed E-state index contributed by atoms with van der Waals surface area (Å²) in [4.78, 5) is 47.2. The fraction of sp³-hybridized carbons (Fsp3) is 0.286. The molecule has 0 bridgehead atoms. The van der Waals surface area contributed by atoms with E-state index in [1.165, 1.54) is 6.20 Å². The second kappa shape index (κ2) is 15.3. The van der Waals surface area contributed by atoms with Gasteiger partial charge in [0, 0.05) is 78.5 Å². The molecule has 13 heteroatoms. The fourth-order valence-electron chi connectivity index (χ4n) is 5.20. The van der Waals surface area contributed by atoms with Crippen LogP contribution < -0.4 is 20.9 Å². The molecule has 5 rings (SSSR count). The number of carbonyl (C=O) groups excluding carboxylic acids is 3. The number of amides is 3. The predicted molar refractivity (Wildman–Crippen MR) is 188 cm³/mol. The second-order valence-electron chi connectivity index (χ2n) is 11.7. The van der Waals surface area contributed by atoms with Gasteiger partial charge in [0.25, 0.3) is 17.7 Å². The molecule has 4 N–H and O–H groups in total. The van der Waals surface area contributed by atoms with Crippen molar-refractivity contribution in [2.45, 2.75) is 6.42 Å². The number of ether oxygens (including phenoxy) is 1. The van der Waals surface area contributed by atoms with E-state index in [1.54, 1.807) is 59.9 Å². The fourth-order valence-corrected chi connectivity index (χ4v) is 5.20. The Morgan fingerprint density at radius 1 is 0.875 bits per heavy atom. The van der Waals surface area contributed by atoms with Crippen molar-refractivity contribution in [1.29, 1.82) is 5.41 Å². The Morgan fingerprint density at radius 3 is 2.10 bits per heavy atom. The first-order valence-electron chi connectivity index (χ1n) is 15.6. The molecule has 0 atom stereocenters. The molecular weight excluding hydrogens is 610 g/mol. The van der Waals surface area contributed by atoms with Gasteiger partial charge in [-0.05, 0) is 48.0 Å². The molecule has 13 nitrogen and oxygen atoms in total. The number of pyridine rings is 1. The maximum absolute atomic E-state index is 13.1. The first-order valence-corrected chi connectivity index (χ1v) is 15.6. The molecule has 0 saturated carbocycles. The zero-order valence-electron chi connectivity index (χ0n) is 27.6. The number of amidine groups is 1. The number of nitrogens with zero attached hydrogens (tertiary/aromatic N) is 5. The summed E-state index contributed by atoms with van der Waals surface area (Å²) < 4.78 is 8.57. The van der Waals surface area contributed by atoms with Gasteiger partial charge in [-0.25, -0.2) is 0 Å². The van der Waals surface area contributed by atoms with E-state index in [4.69, 9.17) is 10.1 Å². The number of hydrogen-bond acceptors (Lipinski definition) is 7. The normalized spacial score (nSPS) is 13.0. The van der Waals surface area contributed by atoms with Crippen molar-refractivity contribution in [2.24, 2.45) is 14.1 Å². The molecule has 1 saturated heterocycles. The standard InChI is InChI=1S/C35H41N9O4/c1-41(2)29-11-6-24(7-12-29)5-9-26-10-8-25(21-38-26)33(45)39-27-20-31(43(4)22-27)35(47)40-28-19-30(42(3)23-28)34(46)37-14-13-32(36)44-15-17-48-18-16-44/h5-12,19-23,36H,13-18H2,1-4H3,(H,37,46)(H,39,45)(H,40,47). The molecule has 1 aliphatic rings. The van der Waals surface area contributed by atoms with E-state index in [-0.39, 0.29) is 11.8 Å². The highest BCUT2D eigenvalue weighted by Gasteiger charge is 2.18. The zero-order valence-corrected chi connectivity index (χ0v) is 27.6. The monoisotopic (exact) mass is 651 g/mol. The molecule has 0 aliphatic carbocycles. The lowest BCUT2D eigenvalue weighted by molar-refractivity contribution is 0.0668. The lowest BCUT2D eigenvalue weighted by atomic mass is 10.1. The van der Waals surface area contributed by atoms with Crippen LogP contribution in [0.2, 0.25) is 0 Å². The Labute approximate surface area is 279 Å². The van der Waals surface area contributed by atoms with Crippen molar-refractivity contribution in [2.75, 3.05) is 62.5 Å². The third-order valence-corrected chi connectivity index (χ3v) is 7.94. The third-order valence-electron chi connectivity index (χ3n) is 7.94. The summed E-state index contributed by atoms with van der Waals surface area (Å²) >= 11 is 0. The zero-order chi connectivity index (χ0) is 34.2. The number of rotatable bonds is 11. The van der Waals surface area contributed by atoms with Crippen LogP contribution >= 0.6 is 0 Å². The van der Waals surface area contributed by atoms with Crippen LogP contribution in [-0.2, 0) is 18.8 Å². The van der Waals surface area contributed by atoms with E-state index in [0.717, 1.165) is 11.3 Å². The van der Waals surface area contributed by atoms with Crippen LogP contribution in [0.1, 0.15) is 49.0 Å². The van der Waals surface area contributed by atoms with Crippen LogP contribution in [0, 0.1) is 5.41 Å². The number of aromatic nitrogens is 3. The van der Waals surface area contributed by atoms with E-state index < -0.39 is 5.91 Å². The highest BCUT2D eigenvalue weighted by molar-refractivity contribution is 6.07. The van der Waals surface area contributed by atoms with Crippen LogP contribution in [0.4, 0.5) is 17.1 Å². The molecule has 0 spiro atoms. The van der Waals surface area contributed by atoms with Crippen LogP contribution in [0.25, 0.3) is 12.2 Å². The van der Waals surface area contributed by atoms with Gasteiger partial charge in [0.15, 0.2) is 0 Å². The van der Waals surface area contributed by atoms with Crippen LogP contribution in [0.5, 0.6) is 0 Å². The lowest BCUT2D eigenvalue weighted by Crippen LogP contribution is -2.41. The highest BCUT2D eigenvalue weighted by Crippen LogP contribution is 2.19. The number of anilines is 3. The minimum absolute atomic E-state index is 0.301. The average molecular weight is 652 g/mol. The van der Waals surface area contributed by atoms with Gasteiger partial charge in [0.1, 0.15) is 11.4 Å². The van der Waals surface area contributed by atoms with E-state index in [0.29, 0.717) is 79.1 Å². The van der Waals surface area contributed by atoms with Crippen molar-refractivity contribution >= 4 is 52.8 Å². The summed E-state index contributed by atoms with van der Waals surface area (Å²) in [6.45, 7) is 2.89. The minimum Gasteiger partial charge on any atom is -0.378 e. The molecule has 48 heavy (non-hydrogen) atoms. The molecule has 1 fully saturated rings. The van der Waals surface area contributed by atoms with Gasteiger partial charge in [-0.15, -0.1) is 0 Å². The minimum atomic E-state index is -0.399. The predicted octanol–water partition coefficient (Wildman–Crippen LogP) is 3.93. The summed E-state index contributed by atoms with van der Waals surface area (Å²) in [6, 6.07) is 14.8. The van der Waals surface area contributed by atoms with Crippen LogP contribution in [-0.4, -0.2) is 89.5 Å². The quantitative estimate of drug-likeness (QED) is 0.142. The molecule has 1 aliphatic heterocycles. The molecule has 3 amide bonds. The third kappa shape index (κ3) is 8.56. The molecule has 4 aromatic rings. The Morgan fingerprint density at radius 2 is 1.50 bits per heavy atom. The van der Waals surface area contributed by atoms with Crippen molar-refractivity contribution < 1.29 is 19.1 Å². The van der Waals surface area contributed by atoms with E-state index >= 15 is 0 Å². The molecule has 250 valence electrons. The van der Waals surface area contributed by atoms with Crippen molar-refractivity contribution in [1.82, 2.24) is 24.3 Å². The molecule has 3 aromatic heterocycles. The van der Waals surface area contributed by atoms with Gasteiger partial charge >= 0.3 is 0 Å². The number of aryl methyl sites for hydroxylation is 2. The first-order chi connectivity index (χ1) is 23.1. The molecule has 1 aromatic carbocycles. The topological polar surface area (TPSA) is 150 Å². The Balaban J connectivity index is 1.13. The lowest BCUT2D eigenvalue weighted by Gasteiger charge is -2.29. The van der Waals surface area contributed by atoms with Crippen molar-refractivity contribution in [3.8, 4) is 0 Å². The Hall–Kier alpha value is -5.69. The van der Waals surface area contributed by atoms with Gasteiger partial charge in [-0.1, -0.05) is 18.2 Å². The summed E-state index contributed by atoms with van der Waals surface area (Å²) in [5.41, 5.74) is 4.85. The van der Waals surface area contributed by atoms with Crippen molar-refractivity contribution in [3.05, 3.63) is 95.3 Å². The number of morpholine rings is 1. The second-order valence-corrected chi connectivity index (χ2v) is 11.7. The Bertz CT molecular complexity index is 1800. The van der Waals surface area contributed by atoms with Crippen molar-refractivity contribution in [3.63, 3.8) is 0 Å². The molecular formula is C35H41N9O4. The SMILES string of the molecule is CN(C)c1ccc(C=Cc2ccc(C(=O)Nc3cc(C(=O)Nc4cc(C(=O)NCCC(=N)N5CCOCC5)n(C)c4)n(C)c3)cn2)cc1. The number of nitrogens with one attached hydrogen (secondary N) is 4. The van der Waals surface area contributed by atoms with Gasteiger partial charge in [-0.3, -0.25) is 24.8 Å². The summed E-state index contributed by atoms with van der Waals surface area (Å²) in [7, 11) is 7.42. The Kier molecular flexibility index (Phi) is 10.7. The van der Waals surface area contributed by atoms with Gasteiger partial charge in [0.05, 0.1) is 41.7 Å². The van der Waals surface area contributed by atoms with Gasteiger partial charge in [-0.2, -0.15) is 0 Å².